The summed E-state index contributed by atoms with van der Waals surface area (Å²) in [5.41, 5.74) is 0. The zero-order valence-corrected chi connectivity index (χ0v) is 14.5. The van der Waals surface area contributed by atoms with Gasteiger partial charge in [0.2, 0.25) is 0 Å². The van der Waals surface area contributed by atoms with Crippen LogP contribution in [0.1, 0.15) is 61.3 Å². The molecule has 0 aliphatic rings. The van der Waals surface area contributed by atoms with Gasteiger partial charge in [0.15, 0.2) is 0 Å². The molecule has 0 atom stereocenters. The van der Waals surface area contributed by atoms with E-state index in [0.717, 1.165) is 0 Å². The molecule has 0 amide bonds. The third-order valence-electron chi connectivity index (χ3n) is 0.691. The molecule has 0 radical (unpaired) electrons. The van der Waals surface area contributed by atoms with E-state index in [9.17, 15) is 9.59 Å². The number of carbonyl (C=O) groups excluding carboxylic acids is 1. The first-order chi connectivity index (χ1) is 8.82. The molecule has 7 N–H and O–H groups in total. The van der Waals surface area contributed by atoms with Gasteiger partial charge >= 0.3 is 5.97 Å². The number of carboxylic acid groups (broad SMARTS) is 1. The predicted molar refractivity (Wildman–Crippen MR) is 84.6 cm³/mol. The predicted octanol–water partition coefficient (Wildman–Crippen LogP) is 1.76. The lowest BCUT2D eigenvalue weighted by Crippen LogP contribution is -1.98. The second kappa shape index (κ2) is 24.0. The Labute approximate surface area is 128 Å². The van der Waals surface area contributed by atoms with Gasteiger partial charge in [-0.1, -0.05) is 0 Å². The van der Waals surface area contributed by atoms with E-state index in [-0.39, 0.29) is 43.1 Å². The van der Waals surface area contributed by atoms with Crippen molar-refractivity contribution in [2.75, 3.05) is 0 Å². The smallest absolute Gasteiger partial charge is 0.303 e. The van der Waals surface area contributed by atoms with E-state index in [1.54, 1.807) is 41.5 Å². The molecule has 0 aromatic heterocycles. The lowest BCUT2D eigenvalue weighted by atomic mass is 10.2. The Hall–Kier alpha value is -1.02. The van der Waals surface area contributed by atoms with Gasteiger partial charge in [-0.15, -0.1) is 0 Å². The van der Waals surface area contributed by atoms with E-state index in [2.05, 4.69) is 0 Å². The van der Waals surface area contributed by atoms with Crippen LogP contribution in [0.5, 0.6) is 0 Å². The molecule has 0 aliphatic carbocycles. The number of hydrogen-bond acceptors (Lipinski definition) is 6. The van der Waals surface area contributed by atoms with Gasteiger partial charge in [0.05, 0.1) is 6.42 Å². The van der Waals surface area contributed by atoms with Gasteiger partial charge in [0, 0.05) is 24.7 Å². The summed E-state index contributed by atoms with van der Waals surface area (Å²) in [6, 6.07) is 0. The highest BCUT2D eigenvalue weighted by Crippen LogP contribution is 1.87. The zero-order valence-electron chi connectivity index (χ0n) is 14.5. The van der Waals surface area contributed by atoms with Crippen LogP contribution >= 0.6 is 0 Å². The molecule has 132 valence electrons. The maximum atomic E-state index is 10.1. The summed E-state index contributed by atoms with van der Waals surface area (Å²) in [5, 5.41) is 32.2. The zero-order chi connectivity index (χ0) is 17.3. The lowest BCUT2D eigenvalue weighted by Gasteiger charge is -1.86. The van der Waals surface area contributed by atoms with Crippen molar-refractivity contribution < 1.29 is 30.0 Å². The topological polar surface area (TPSA) is 150 Å². The normalized spacial score (nSPS) is 8.43. The van der Waals surface area contributed by atoms with Crippen LogP contribution in [0.15, 0.2) is 0 Å². The van der Waals surface area contributed by atoms with E-state index in [4.69, 9.17) is 20.4 Å². The Morgan fingerprint density at radius 1 is 0.762 bits per heavy atom. The Morgan fingerprint density at radius 3 is 1.00 bits per heavy atom. The summed E-state index contributed by atoms with van der Waals surface area (Å²) in [4.78, 5) is 19.8. The van der Waals surface area contributed by atoms with Crippen molar-refractivity contribution in [2.45, 2.75) is 79.6 Å². The van der Waals surface area contributed by atoms with Crippen LogP contribution in [-0.2, 0) is 9.59 Å². The minimum atomic E-state index is -0.916. The first kappa shape index (κ1) is 32.1. The molecule has 0 aliphatic heterocycles. The van der Waals surface area contributed by atoms with Gasteiger partial charge in [0.25, 0.3) is 0 Å². The number of aliphatic hydroxyl groups excluding tert-OH is 3. The second-order valence-corrected chi connectivity index (χ2v) is 4.88. The van der Waals surface area contributed by atoms with E-state index in [1.165, 1.54) is 6.92 Å². The lowest BCUT2D eigenvalue weighted by molar-refractivity contribution is -0.138. The molecule has 0 bridgehead atoms. The first-order valence-electron chi connectivity index (χ1n) is 6.58. The van der Waals surface area contributed by atoms with Gasteiger partial charge in [-0.3, -0.25) is 4.79 Å². The van der Waals surface area contributed by atoms with Crippen molar-refractivity contribution in [2.24, 2.45) is 0 Å². The molecule has 0 rings (SSSR count). The molecule has 21 heavy (non-hydrogen) atoms. The number of aliphatic hydroxyl groups is 3. The molecule has 7 nitrogen and oxygen atoms in total. The molecule has 0 aromatic carbocycles. The average Bonchev–Trinajstić information content (AvgIpc) is 2.11. The summed E-state index contributed by atoms with van der Waals surface area (Å²) in [6.45, 7) is 11.7. The standard InChI is InChI=1S/C5H8O3.3C3H8O.H3N/c1-4(6)2-3-5(7)8;3*1-3(2)4;/h2-3H2,1H3,(H,7,8);3*3-4H,1-2H3;1H3. The van der Waals surface area contributed by atoms with Crippen LogP contribution < -0.4 is 6.15 Å². The maximum Gasteiger partial charge on any atom is 0.303 e. The summed E-state index contributed by atoms with van der Waals surface area (Å²) in [7, 11) is 0. The van der Waals surface area contributed by atoms with Gasteiger partial charge in [-0.05, 0) is 48.5 Å². The summed E-state index contributed by atoms with van der Waals surface area (Å²) in [6.07, 6.45) is -0.398. The summed E-state index contributed by atoms with van der Waals surface area (Å²) < 4.78 is 0. The van der Waals surface area contributed by atoms with Crippen LogP contribution in [0.2, 0.25) is 0 Å². The Bertz CT molecular complexity index is 181. The van der Waals surface area contributed by atoms with Crippen molar-refractivity contribution in [3.05, 3.63) is 0 Å². The molecule has 0 saturated heterocycles. The molecule has 0 fully saturated rings. The van der Waals surface area contributed by atoms with E-state index in [0.29, 0.717) is 0 Å². The molecule has 0 heterocycles. The SMILES string of the molecule is CC(=O)CCC(=O)O.CC(C)O.CC(C)O.CC(C)O.N. The maximum absolute atomic E-state index is 10.1. The van der Waals surface area contributed by atoms with Gasteiger partial charge in [0.1, 0.15) is 5.78 Å². The van der Waals surface area contributed by atoms with Crippen LogP contribution in [0, 0.1) is 0 Å². The van der Waals surface area contributed by atoms with Crippen LogP contribution in [0.4, 0.5) is 0 Å². The molecule has 0 saturated carbocycles. The highest BCUT2D eigenvalue weighted by molar-refractivity contribution is 5.80. The van der Waals surface area contributed by atoms with Crippen molar-refractivity contribution >= 4 is 11.8 Å². The summed E-state index contributed by atoms with van der Waals surface area (Å²) >= 11 is 0. The van der Waals surface area contributed by atoms with Crippen LogP contribution in [0.25, 0.3) is 0 Å². The number of rotatable bonds is 3. The molecule has 0 unspecified atom stereocenters. The summed E-state index contributed by atoms with van der Waals surface area (Å²) in [5.74, 6) is -0.993. The quantitative estimate of drug-likeness (QED) is 0.532. The Balaban J connectivity index is -0.0000000570. The highest BCUT2D eigenvalue weighted by Gasteiger charge is 1.97. The van der Waals surface area contributed by atoms with Gasteiger partial charge < -0.3 is 31.4 Å². The van der Waals surface area contributed by atoms with E-state index in [1.807, 2.05) is 0 Å². The number of aliphatic carboxylic acids is 1. The number of ketones is 1. The highest BCUT2D eigenvalue weighted by atomic mass is 16.4. The van der Waals surface area contributed by atoms with Gasteiger partial charge in [-0.2, -0.15) is 0 Å². The van der Waals surface area contributed by atoms with Crippen molar-refractivity contribution in [3.8, 4) is 0 Å². The van der Waals surface area contributed by atoms with E-state index >= 15 is 0 Å². The van der Waals surface area contributed by atoms with Crippen molar-refractivity contribution in [3.63, 3.8) is 0 Å². The largest absolute Gasteiger partial charge is 0.481 e. The number of Topliss-reactive ketones (excluding diaryl/α,β-unsaturated/α-hetero) is 1. The Morgan fingerprint density at radius 2 is 0.952 bits per heavy atom. The molecular formula is C14H35NO6. The molecule has 7 heteroatoms. The monoisotopic (exact) mass is 313 g/mol. The number of hydrogen-bond donors (Lipinski definition) is 5. The Kier molecular flexibility index (Phi) is 36.7. The number of carboxylic acids is 1. The first-order valence-corrected chi connectivity index (χ1v) is 6.58. The molecular weight excluding hydrogens is 278 g/mol. The van der Waals surface area contributed by atoms with Crippen LogP contribution in [0.3, 0.4) is 0 Å². The fourth-order valence-electron chi connectivity index (χ4n) is 0.283. The fourth-order valence-corrected chi connectivity index (χ4v) is 0.283. The average molecular weight is 313 g/mol. The molecule has 0 aromatic rings. The minimum absolute atomic E-state index is 0. The van der Waals surface area contributed by atoms with Crippen molar-refractivity contribution in [1.82, 2.24) is 6.15 Å². The van der Waals surface area contributed by atoms with Crippen molar-refractivity contribution in [1.29, 1.82) is 0 Å². The second-order valence-electron chi connectivity index (χ2n) is 4.88. The molecule has 0 spiro atoms. The minimum Gasteiger partial charge on any atom is -0.481 e. The van der Waals surface area contributed by atoms with Gasteiger partial charge in [-0.25, -0.2) is 0 Å². The fraction of sp³-hybridized carbons (Fsp3) is 0.857. The van der Waals surface area contributed by atoms with Crippen LogP contribution in [-0.4, -0.2) is 50.5 Å². The third-order valence-corrected chi connectivity index (χ3v) is 0.691. The third kappa shape index (κ3) is 345. The van der Waals surface area contributed by atoms with E-state index < -0.39 is 5.97 Å². The number of carbonyl (C=O) groups is 2.